The molecule has 0 unspecified atom stereocenters. The first-order valence-electron chi connectivity index (χ1n) is 7.32. The number of hydrogen-bond acceptors (Lipinski definition) is 6. The average molecular weight is 348 g/mol. The summed E-state index contributed by atoms with van der Waals surface area (Å²) in [6, 6.07) is 5.18. The number of hydrogen-bond donors (Lipinski definition) is 2. The summed E-state index contributed by atoms with van der Waals surface area (Å²) in [7, 11) is 1.41. The van der Waals surface area contributed by atoms with Crippen LogP contribution in [0.1, 0.15) is 39.2 Å². The highest BCUT2D eigenvalue weighted by atomic mass is 16.6. The number of aryl methyl sites for hydroxylation is 1. The number of carboxylic acids is 1. The molecule has 1 amide bonds. The highest BCUT2D eigenvalue weighted by Crippen LogP contribution is 2.24. The number of aromatic carboxylic acids is 1. The van der Waals surface area contributed by atoms with Crippen LogP contribution in [-0.4, -0.2) is 29.0 Å². The Hall–Kier alpha value is -3.36. The van der Waals surface area contributed by atoms with Gasteiger partial charge in [0, 0.05) is 36.7 Å². The van der Waals surface area contributed by atoms with Crippen molar-refractivity contribution in [3.8, 4) is 5.75 Å². The Morgan fingerprint density at radius 3 is 2.60 bits per heavy atom. The van der Waals surface area contributed by atoms with Crippen molar-refractivity contribution in [2.45, 2.75) is 19.9 Å². The molecule has 2 rings (SSSR count). The van der Waals surface area contributed by atoms with Crippen molar-refractivity contribution in [2.75, 3.05) is 7.11 Å². The molecule has 25 heavy (non-hydrogen) atoms. The van der Waals surface area contributed by atoms with Crippen molar-refractivity contribution in [1.82, 2.24) is 5.32 Å². The molecule has 0 aliphatic rings. The number of rotatable bonds is 7. The molecule has 0 saturated heterocycles. The summed E-state index contributed by atoms with van der Waals surface area (Å²) in [6.07, 6.45) is 0.327. The number of nitrogens with one attached hydrogen (secondary N) is 1. The summed E-state index contributed by atoms with van der Waals surface area (Å²) in [5.74, 6) is -1.37. The second kappa shape index (κ2) is 7.47. The maximum Gasteiger partial charge on any atom is 0.339 e. The van der Waals surface area contributed by atoms with Gasteiger partial charge >= 0.3 is 5.97 Å². The number of nitrogens with zero attached hydrogens (tertiary/aromatic N) is 1. The van der Waals surface area contributed by atoms with E-state index in [0.29, 0.717) is 17.7 Å². The van der Waals surface area contributed by atoms with E-state index < -0.39 is 16.8 Å². The van der Waals surface area contributed by atoms with Crippen molar-refractivity contribution >= 4 is 17.6 Å². The molecule has 0 aliphatic carbocycles. The van der Waals surface area contributed by atoms with E-state index in [2.05, 4.69) is 5.32 Å². The molecule has 9 nitrogen and oxygen atoms in total. The molecular weight excluding hydrogens is 332 g/mol. The van der Waals surface area contributed by atoms with E-state index in [1.165, 1.54) is 25.3 Å². The fourth-order valence-electron chi connectivity index (χ4n) is 2.26. The van der Waals surface area contributed by atoms with E-state index in [1.807, 2.05) is 0 Å². The van der Waals surface area contributed by atoms with Crippen molar-refractivity contribution in [1.29, 1.82) is 0 Å². The highest BCUT2D eigenvalue weighted by Gasteiger charge is 2.20. The normalized spacial score (nSPS) is 10.3. The van der Waals surface area contributed by atoms with Crippen LogP contribution in [0.4, 0.5) is 5.69 Å². The van der Waals surface area contributed by atoms with Crippen LogP contribution in [0.25, 0.3) is 0 Å². The Morgan fingerprint density at radius 1 is 1.36 bits per heavy atom. The Balaban J connectivity index is 2.18. The average Bonchev–Trinajstić information content (AvgIpc) is 3.04. The topological polar surface area (TPSA) is 132 Å². The standard InChI is InChI=1S/C16H16N2O7/c1-3-12-11(16(20)21)7-14(25-12)15(19)17-8-9-6-10(18(22)23)4-5-13(9)24-2/h4-7H,3,8H2,1-2H3,(H,17,19)(H,20,21). The molecule has 1 heterocycles. The molecule has 132 valence electrons. The summed E-state index contributed by atoms with van der Waals surface area (Å²) < 4.78 is 10.4. The molecule has 0 saturated carbocycles. The molecule has 9 heteroatoms. The predicted molar refractivity (Wildman–Crippen MR) is 85.9 cm³/mol. The van der Waals surface area contributed by atoms with Crippen LogP contribution in [0, 0.1) is 10.1 Å². The first kappa shape index (κ1) is 18.0. The number of furan rings is 1. The van der Waals surface area contributed by atoms with Gasteiger partial charge in [0.1, 0.15) is 17.1 Å². The summed E-state index contributed by atoms with van der Waals surface area (Å²) >= 11 is 0. The second-order valence-corrected chi connectivity index (χ2v) is 5.04. The molecule has 0 fully saturated rings. The van der Waals surface area contributed by atoms with Gasteiger partial charge in [-0.2, -0.15) is 0 Å². The summed E-state index contributed by atoms with van der Waals surface area (Å²) in [5, 5.41) is 22.5. The van der Waals surface area contributed by atoms with Gasteiger partial charge in [0.05, 0.1) is 12.0 Å². The zero-order valence-electron chi connectivity index (χ0n) is 13.6. The van der Waals surface area contributed by atoms with E-state index >= 15 is 0 Å². The maximum absolute atomic E-state index is 12.2. The molecule has 0 atom stereocenters. The van der Waals surface area contributed by atoms with Crippen LogP contribution >= 0.6 is 0 Å². The number of amides is 1. The number of non-ortho nitro benzene ring substituents is 1. The highest BCUT2D eigenvalue weighted by molar-refractivity contribution is 5.96. The number of nitro groups is 1. The zero-order chi connectivity index (χ0) is 18.6. The van der Waals surface area contributed by atoms with Gasteiger partial charge < -0.3 is 19.6 Å². The van der Waals surface area contributed by atoms with Crippen LogP contribution in [-0.2, 0) is 13.0 Å². The lowest BCUT2D eigenvalue weighted by atomic mass is 10.1. The SMILES string of the molecule is CCc1oc(C(=O)NCc2cc([N+](=O)[O-])ccc2OC)cc1C(=O)O. The fraction of sp³-hybridized carbons (Fsp3) is 0.250. The van der Waals surface area contributed by atoms with Crippen LogP contribution in [0.3, 0.4) is 0 Å². The minimum Gasteiger partial charge on any atom is -0.496 e. The molecular formula is C16H16N2O7. The molecule has 0 aliphatic heterocycles. The Labute approximate surface area is 142 Å². The molecule has 0 bridgehead atoms. The first-order chi connectivity index (χ1) is 11.9. The third-order valence-electron chi connectivity index (χ3n) is 3.50. The van der Waals surface area contributed by atoms with Crippen LogP contribution in [0.5, 0.6) is 5.75 Å². The van der Waals surface area contributed by atoms with Crippen molar-refractivity contribution in [3.63, 3.8) is 0 Å². The second-order valence-electron chi connectivity index (χ2n) is 5.04. The van der Waals surface area contributed by atoms with Gasteiger partial charge in [0.15, 0.2) is 5.76 Å². The number of nitro benzene ring substituents is 1. The van der Waals surface area contributed by atoms with Crippen molar-refractivity contribution in [3.05, 3.63) is 57.0 Å². The number of methoxy groups -OCH3 is 1. The zero-order valence-corrected chi connectivity index (χ0v) is 13.6. The quantitative estimate of drug-likeness (QED) is 0.580. The fourth-order valence-corrected chi connectivity index (χ4v) is 2.26. The maximum atomic E-state index is 12.2. The van der Waals surface area contributed by atoms with E-state index in [-0.39, 0.29) is 29.3 Å². The lowest BCUT2D eigenvalue weighted by Crippen LogP contribution is -2.22. The van der Waals surface area contributed by atoms with Gasteiger partial charge in [0.25, 0.3) is 11.6 Å². The smallest absolute Gasteiger partial charge is 0.339 e. The van der Waals surface area contributed by atoms with Crippen LogP contribution < -0.4 is 10.1 Å². The summed E-state index contributed by atoms with van der Waals surface area (Å²) in [5.41, 5.74) is 0.204. The Bertz CT molecular complexity index is 826. The largest absolute Gasteiger partial charge is 0.496 e. The van der Waals surface area contributed by atoms with Gasteiger partial charge in [-0.15, -0.1) is 0 Å². The van der Waals surface area contributed by atoms with Crippen LogP contribution in [0.15, 0.2) is 28.7 Å². The van der Waals surface area contributed by atoms with E-state index in [4.69, 9.17) is 14.3 Å². The monoisotopic (exact) mass is 348 g/mol. The minimum absolute atomic E-state index is 0.0474. The van der Waals surface area contributed by atoms with E-state index in [1.54, 1.807) is 6.92 Å². The third kappa shape index (κ3) is 3.94. The first-order valence-corrected chi connectivity index (χ1v) is 7.32. The summed E-state index contributed by atoms with van der Waals surface area (Å²) in [6.45, 7) is 1.66. The number of carboxylic acid groups (broad SMARTS) is 1. The Kier molecular flexibility index (Phi) is 5.38. The molecule has 0 radical (unpaired) electrons. The molecule has 1 aromatic carbocycles. The number of carbonyl (C=O) groups is 2. The van der Waals surface area contributed by atoms with Gasteiger partial charge in [-0.05, 0) is 6.07 Å². The van der Waals surface area contributed by atoms with E-state index in [9.17, 15) is 19.7 Å². The van der Waals surface area contributed by atoms with Gasteiger partial charge in [-0.3, -0.25) is 14.9 Å². The molecule has 2 N–H and O–H groups in total. The van der Waals surface area contributed by atoms with Crippen LogP contribution in [0.2, 0.25) is 0 Å². The van der Waals surface area contributed by atoms with Gasteiger partial charge in [0.2, 0.25) is 0 Å². The third-order valence-corrected chi connectivity index (χ3v) is 3.50. The number of benzene rings is 1. The predicted octanol–water partition coefficient (Wildman–Crippen LogP) is 2.39. The molecule has 0 spiro atoms. The van der Waals surface area contributed by atoms with Crippen molar-refractivity contribution in [2.24, 2.45) is 0 Å². The molecule has 2 aromatic rings. The lowest BCUT2D eigenvalue weighted by molar-refractivity contribution is -0.384. The molecule has 1 aromatic heterocycles. The Morgan fingerprint density at radius 2 is 2.08 bits per heavy atom. The van der Waals surface area contributed by atoms with Crippen molar-refractivity contribution < 1.29 is 28.8 Å². The number of carbonyl (C=O) groups excluding carboxylic acids is 1. The minimum atomic E-state index is -1.18. The summed E-state index contributed by atoms with van der Waals surface area (Å²) in [4.78, 5) is 33.6. The number of ether oxygens (including phenoxy) is 1. The van der Waals surface area contributed by atoms with E-state index in [0.717, 1.165) is 6.07 Å². The van der Waals surface area contributed by atoms with Gasteiger partial charge in [-0.25, -0.2) is 4.79 Å². The lowest BCUT2D eigenvalue weighted by Gasteiger charge is -2.09. The van der Waals surface area contributed by atoms with Gasteiger partial charge in [-0.1, -0.05) is 6.92 Å².